The van der Waals surface area contributed by atoms with Crippen LogP contribution in [0.3, 0.4) is 0 Å². The summed E-state index contributed by atoms with van der Waals surface area (Å²) in [4.78, 5) is 16.3. The Labute approximate surface area is 169 Å². The minimum Gasteiger partial charge on any atom is -0.491 e. The molecule has 0 amide bonds. The molecule has 0 N–H and O–H groups in total. The van der Waals surface area contributed by atoms with Gasteiger partial charge in [0, 0.05) is 31.3 Å². The number of nitriles is 1. The number of aromatic nitrogens is 2. The normalized spacial score (nSPS) is 10.4. The van der Waals surface area contributed by atoms with Crippen molar-refractivity contribution in [1.29, 1.82) is 5.26 Å². The lowest BCUT2D eigenvalue weighted by atomic mass is 10.1. The molecular formula is C22H21N3O4. The highest BCUT2D eigenvalue weighted by Crippen LogP contribution is 2.27. The number of carbonyl (C=O) groups excluding carboxylic acids is 1. The number of ether oxygens (including phenoxy) is 3. The maximum Gasteiger partial charge on any atom is 0.338 e. The lowest BCUT2D eigenvalue weighted by molar-refractivity contribution is 0.0526. The molecule has 0 saturated carbocycles. The van der Waals surface area contributed by atoms with Crippen molar-refractivity contribution >= 4 is 5.97 Å². The summed E-state index contributed by atoms with van der Waals surface area (Å²) in [6, 6.07) is 12.9. The first kappa shape index (κ1) is 20.1. The molecule has 0 aliphatic rings. The molecule has 29 heavy (non-hydrogen) atoms. The van der Waals surface area contributed by atoms with Gasteiger partial charge in [-0.05, 0) is 36.8 Å². The van der Waals surface area contributed by atoms with Crippen LogP contribution >= 0.6 is 0 Å². The van der Waals surface area contributed by atoms with E-state index in [-0.39, 0.29) is 0 Å². The van der Waals surface area contributed by atoms with E-state index >= 15 is 0 Å². The molecule has 3 aromatic rings. The quantitative estimate of drug-likeness (QED) is 0.431. The number of hydrogen-bond donors (Lipinski definition) is 0. The Hall–Kier alpha value is -3.63. The number of esters is 1. The van der Waals surface area contributed by atoms with Gasteiger partial charge in [0.25, 0.3) is 0 Å². The standard InChI is InChI=1S/C22H21N3O4/c1-3-28-22(26)17-8-9-24-21(12-17)25-14-18(13-23)20(15-25)16-4-6-19(7-5-16)29-11-10-27-2/h4-9,12,14-15H,3,10-11H2,1-2H3. The van der Waals surface area contributed by atoms with Crippen molar-refractivity contribution in [3.63, 3.8) is 0 Å². The highest BCUT2D eigenvalue weighted by molar-refractivity contribution is 5.89. The molecule has 7 nitrogen and oxygen atoms in total. The van der Waals surface area contributed by atoms with Crippen LogP contribution in [0.5, 0.6) is 5.75 Å². The van der Waals surface area contributed by atoms with Gasteiger partial charge in [0.2, 0.25) is 0 Å². The Kier molecular flexibility index (Phi) is 6.61. The molecule has 1 aromatic carbocycles. The minimum absolute atomic E-state index is 0.300. The molecule has 2 heterocycles. The Morgan fingerprint density at radius 1 is 1.17 bits per heavy atom. The van der Waals surface area contributed by atoms with Gasteiger partial charge in [-0.15, -0.1) is 0 Å². The van der Waals surface area contributed by atoms with Gasteiger partial charge in [0.15, 0.2) is 0 Å². The Bertz CT molecular complexity index is 1020. The average molecular weight is 391 g/mol. The molecular weight excluding hydrogens is 370 g/mol. The molecule has 0 unspecified atom stereocenters. The summed E-state index contributed by atoms with van der Waals surface area (Å²) in [5.41, 5.74) is 2.55. The molecule has 0 atom stereocenters. The molecule has 3 rings (SSSR count). The summed E-state index contributed by atoms with van der Waals surface area (Å²) in [7, 11) is 1.62. The van der Waals surface area contributed by atoms with E-state index in [2.05, 4.69) is 11.1 Å². The molecule has 148 valence electrons. The van der Waals surface area contributed by atoms with Crippen LogP contribution < -0.4 is 4.74 Å². The van der Waals surface area contributed by atoms with Crippen LogP contribution in [0.15, 0.2) is 55.0 Å². The van der Waals surface area contributed by atoms with Crippen LogP contribution in [0.2, 0.25) is 0 Å². The van der Waals surface area contributed by atoms with E-state index in [4.69, 9.17) is 14.2 Å². The van der Waals surface area contributed by atoms with Crippen LogP contribution in [0.25, 0.3) is 16.9 Å². The first-order valence-corrected chi connectivity index (χ1v) is 9.14. The van der Waals surface area contributed by atoms with E-state index in [1.807, 2.05) is 30.5 Å². The molecule has 0 aliphatic carbocycles. The van der Waals surface area contributed by atoms with Gasteiger partial charge in [-0.2, -0.15) is 5.26 Å². The second-order valence-electron chi connectivity index (χ2n) is 6.09. The number of carbonyl (C=O) groups is 1. The third-order valence-electron chi connectivity index (χ3n) is 4.19. The Morgan fingerprint density at radius 3 is 2.66 bits per heavy atom. The van der Waals surface area contributed by atoms with E-state index in [9.17, 15) is 10.1 Å². The van der Waals surface area contributed by atoms with E-state index < -0.39 is 5.97 Å². The Balaban J connectivity index is 1.87. The van der Waals surface area contributed by atoms with Crippen LogP contribution in [0.4, 0.5) is 0 Å². The predicted octanol–water partition coefficient (Wildman–Crippen LogP) is 3.61. The van der Waals surface area contributed by atoms with Gasteiger partial charge < -0.3 is 18.8 Å². The molecule has 0 aliphatic heterocycles. The number of benzene rings is 1. The van der Waals surface area contributed by atoms with Crippen molar-refractivity contribution in [3.05, 3.63) is 66.1 Å². The lowest BCUT2D eigenvalue weighted by Crippen LogP contribution is -2.06. The van der Waals surface area contributed by atoms with Gasteiger partial charge in [-0.3, -0.25) is 0 Å². The maximum absolute atomic E-state index is 12.0. The number of pyridine rings is 1. The molecule has 0 saturated heterocycles. The zero-order valence-corrected chi connectivity index (χ0v) is 16.3. The molecule has 7 heteroatoms. The first-order valence-electron chi connectivity index (χ1n) is 9.14. The van der Waals surface area contributed by atoms with E-state index in [0.717, 1.165) is 16.9 Å². The first-order chi connectivity index (χ1) is 14.2. The van der Waals surface area contributed by atoms with E-state index in [1.54, 1.807) is 43.1 Å². The van der Waals surface area contributed by atoms with Crippen molar-refractivity contribution in [2.45, 2.75) is 6.92 Å². The van der Waals surface area contributed by atoms with Crippen LogP contribution in [0, 0.1) is 11.3 Å². The lowest BCUT2D eigenvalue weighted by Gasteiger charge is -2.06. The molecule has 0 bridgehead atoms. The van der Waals surface area contributed by atoms with Gasteiger partial charge in [0.05, 0.1) is 24.3 Å². The van der Waals surface area contributed by atoms with Crippen molar-refractivity contribution in [3.8, 4) is 28.8 Å². The van der Waals surface area contributed by atoms with Crippen LogP contribution in [-0.2, 0) is 9.47 Å². The van der Waals surface area contributed by atoms with E-state index in [1.165, 1.54) is 0 Å². The van der Waals surface area contributed by atoms with Gasteiger partial charge in [-0.25, -0.2) is 9.78 Å². The summed E-state index contributed by atoms with van der Waals surface area (Å²) in [6.07, 6.45) is 5.05. The van der Waals surface area contributed by atoms with Gasteiger partial charge in [-0.1, -0.05) is 12.1 Å². The summed E-state index contributed by atoms with van der Waals surface area (Å²) >= 11 is 0. The number of methoxy groups -OCH3 is 1. The summed E-state index contributed by atoms with van der Waals surface area (Å²) in [5, 5.41) is 9.55. The highest BCUT2D eigenvalue weighted by Gasteiger charge is 2.13. The summed E-state index contributed by atoms with van der Waals surface area (Å²) in [5.74, 6) is 0.846. The molecule has 0 radical (unpaired) electrons. The smallest absolute Gasteiger partial charge is 0.338 e. The second-order valence-corrected chi connectivity index (χ2v) is 6.09. The minimum atomic E-state index is -0.409. The van der Waals surface area contributed by atoms with Crippen molar-refractivity contribution in [2.24, 2.45) is 0 Å². The molecule has 2 aromatic heterocycles. The van der Waals surface area contributed by atoms with Crippen LogP contribution in [0.1, 0.15) is 22.8 Å². The van der Waals surface area contributed by atoms with Crippen molar-refractivity contribution in [2.75, 3.05) is 26.9 Å². The zero-order chi connectivity index (χ0) is 20.6. The number of nitrogens with zero attached hydrogens (tertiary/aromatic N) is 3. The largest absolute Gasteiger partial charge is 0.491 e. The maximum atomic E-state index is 12.0. The number of hydrogen-bond acceptors (Lipinski definition) is 6. The number of rotatable bonds is 8. The fourth-order valence-corrected chi connectivity index (χ4v) is 2.78. The monoisotopic (exact) mass is 391 g/mol. The third-order valence-corrected chi connectivity index (χ3v) is 4.19. The van der Waals surface area contributed by atoms with Crippen LogP contribution in [-0.4, -0.2) is 42.5 Å². The van der Waals surface area contributed by atoms with Crippen molar-refractivity contribution < 1.29 is 19.0 Å². The highest BCUT2D eigenvalue weighted by atomic mass is 16.5. The topological polar surface area (TPSA) is 86.4 Å². The van der Waals surface area contributed by atoms with E-state index in [0.29, 0.717) is 36.8 Å². The fraction of sp³-hybridized carbons (Fsp3) is 0.227. The zero-order valence-electron chi connectivity index (χ0n) is 16.3. The summed E-state index contributed by atoms with van der Waals surface area (Å²) < 4.78 is 17.3. The van der Waals surface area contributed by atoms with Gasteiger partial charge in [0.1, 0.15) is 24.2 Å². The fourth-order valence-electron chi connectivity index (χ4n) is 2.78. The average Bonchev–Trinajstić information content (AvgIpc) is 3.19. The Morgan fingerprint density at radius 2 is 1.97 bits per heavy atom. The summed E-state index contributed by atoms with van der Waals surface area (Å²) in [6.45, 7) is 3.04. The van der Waals surface area contributed by atoms with Crippen molar-refractivity contribution in [1.82, 2.24) is 9.55 Å². The third kappa shape index (κ3) is 4.81. The molecule has 0 fully saturated rings. The second kappa shape index (κ2) is 9.53. The predicted molar refractivity (Wildman–Crippen MR) is 107 cm³/mol. The van der Waals surface area contributed by atoms with Gasteiger partial charge >= 0.3 is 5.97 Å². The molecule has 0 spiro atoms. The SMILES string of the molecule is CCOC(=O)c1ccnc(-n2cc(C#N)c(-c3ccc(OCCOC)cc3)c2)c1.